The van der Waals surface area contributed by atoms with Crippen LogP contribution in [0.2, 0.25) is 0 Å². The van der Waals surface area contributed by atoms with Gasteiger partial charge >= 0.3 is 0 Å². The number of nitrogens with zero attached hydrogens (tertiary/aromatic N) is 1. The Labute approximate surface area is 66.2 Å². The van der Waals surface area contributed by atoms with E-state index in [-0.39, 0.29) is 0 Å². The van der Waals surface area contributed by atoms with E-state index in [1.54, 1.807) is 6.20 Å². The summed E-state index contributed by atoms with van der Waals surface area (Å²) in [5.41, 5.74) is 1.67. The molecule has 58 valence electrons. The number of pyridine rings is 1. The summed E-state index contributed by atoms with van der Waals surface area (Å²) >= 11 is 0. The molecule has 2 nitrogen and oxygen atoms in total. The lowest BCUT2D eigenvalue weighted by Gasteiger charge is -2.06. The van der Waals surface area contributed by atoms with Gasteiger partial charge < -0.3 is 5.11 Å². The number of aliphatic hydroxyl groups excluding tert-OH is 1. The third-order valence-electron chi connectivity index (χ3n) is 1.55. The molecule has 2 heteroatoms. The molecule has 1 unspecified atom stereocenters. The van der Waals surface area contributed by atoms with E-state index in [0.29, 0.717) is 5.69 Å². The van der Waals surface area contributed by atoms with Crippen LogP contribution in [0.5, 0.6) is 0 Å². The Morgan fingerprint density at radius 3 is 3.00 bits per heavy atom. The molecule has 0 aliphatic carbocycles. The van der Waals surface area contributed by atoms with Gasteiger partial charge in [-0.05, 0) is 18.6 Å². The van der Waals surface area contributed by atoms with E-state index in [1.807, 2.05) is 19.1 Å². The van der Waals surface area contributed by atoms with Gasteiger partial charge in [-0.25, -0.2) is 0 Å². The number of aromatic nitrogens is 1. The van der Waals surface area contributed by atoms with E-state index in [1.165, 1.54) is 6.08 Å². The molecule has 0 amide bonds. The molecule has 1 aromatic rings. The molecule has 0 fully saturated rings. The lowest BCUT2D eigenvalue weighted by molar-refractivity contribution is 0.223. The Bertz CT molecular complexity index is 257. The molecule has 1 aromatic heterocycles. The molecule has 0 aliphatic heterocycles. The van der Waals surface area contributed by atoms with Crippen LogP contribution in [0.1, 0.15) is 17.4 Å². The van der Waals surface area contributed by atoms with Crippen molar-refractivity contribution in [3.05, 3.63) is 42.2 Å². The highest BCUT2D eigenvalue weighted by atomic mass is 16.3. The normalized spacial score (nSPS) is 12.5. The Kier molecular flexibility index (Phi) is 2.39. The zero-order chi connectivity index (χ0) is 8.27. The highest BCUT2D eigenvalue weighted by molar-refractivity contribution is 5.21. The Morgan fingerprint density at radius 1 is 1.73 bits per heavy atom. The summed E-state index contributed by atoms with van der Waals surface area (Å²) in [4.78, 5) is 4.03. The fraction of sp³-hybridized carbons (Fsp3) is 0.222. The van der Waals surface area contributed by atoms with Gasteiger partial charge in [0.15, 0.2) is 0 Å². The third-order valence-corrected chi connectivity index (χ3v) is 1.55. The van der Waals surface area contributed by atoms with Gasteiger partial charge in [0, 0.05) is 6.20 Å². The number of rotatable bonds is 2. The summed E-state index contributed by atoms with van der Waals surface area (Å²) < 4.78 is 0. The summed E-state index contributed by atoms with van der Waals surface area (Å²) in [6, 6.07) is 3.75. The van der Waals surface area contributed by atoms with Gasteiger partial charge in [0.05, 0.1) is 5.69 Å². The van der Waals surface area contributed by atoms with Crippen LogP contribution in [0.4, 0.5) is 0 Å². The Morgan fingerprint density at radius 2 is 2.45 bits per heavy atom. The van der Waals surface area contributed by atoms with Gasteiger partial charge in [-0.2, -0.15) is 0 Å². The van der Waals surface area contributed by atoms with Crippen LogP contribution in [0.25, 0.3) is 0 Å². The molecule has 11 heavy (non-hydrogen) atoms. The molecule has 0 saturated carbocycles. The van der Waals surface area contributed by atoms with Crippen molar-refractivity contribution in [2.24, 2.45) is 0 Å². The van der Waals surface area contributed by atoms with Crippen LogP contribution in [-0.2, 0) is 0 Å². The lowest BCUT2D eigenvalue weighted by Crippen LogP contribution is -1.98. The highest BCUT2D eigenvalue weighted by Gasteiger charge is 2.05. The molecule has 0 aliphatic rings. The average molecular weight is 149 g/mol. The minimum Gasteiger partial charge on any atom is -0.383 e. The van der Waals surface area contributed by atoms with E-state index in [4.69, 9.17) is 0 Å². The molecule has 1 heterocycles. The van der Waals surface area contributed by atoms with Crippen molar-refractivity contribution in [2.75, 3.05) is 0 Å². The van der Waals surface area contributed by atoms with Crippen LogP contribution >= 0.6 is 0 Å². The topological polar surface area (TPSA) is 33.1 Å². The third kappa shape index (κ3) is 1.65. The Balaban J connectivity index is 3.02. The second-order valence-electron chi connectivity index (χ2n) is 2.39. The predicted molar refractivity (Wildman–Crippen MR) is 44.1 cm³/mol. The fourth-order valence-corrected chi connectivity index (χ4v) is 0.919. The summed E-state index contributed by atoms with van der Waals surface area (Å²) in [5.74, 6) is 0. The van der Waals surface area contributed by atoms with E-state index in [9.17, 15) is 5.11 Å². The molecule has 1 atom stereocenters. The van der Waals surface area contributed by atoms with Crippen LogP contribution in [0.3, 0.4) is 0 Å². The molecular weight excluding hydrogens is 138 g/mol. The van der Waals surface area contributed by atoms with Gasteiger partial charge in [0.1, 0.15) is 6.10 Å². The van der Waals surface area contributed by atoms with Gasteiger partial charge in [0.25, 0.3) is 0 Å². The molecular formula is C9H11NO. The van der Waals surface area contributed by atoms with Gasteiger partial charge in [-0.1, -0.05) is 12.1 Å². The number of hydrogen-bond acceptors (Lipinski definition) is 2. The first-order valence-corrected chi connectivity index (χ1v) is 3.48. The smallest absolute Gasteiger partial charge is 0.114 e. The molecule has 0 bridgehead atoms. The van der Waals surface area contributed by atoms with E-state index in [2.05, 4.69) is 11.6 Å². The minimum absolute atomic E-state index is 0.642. The Hall–Kier alpha value is -1.15. The number of hydrogen-bond donors (Lipinski definition) is 1. The maximum atomic E-state index is 9.33. The largest absolute Gasteiger partial charge is 0.383 e. The van der Waals surface area contributed by atoms with Crippen LogP contribution in [0, 0.1) is 6.92 Å². The van der Waals surface area contributed by atoms with Crippen molar-refractivity contribution >= 4 is 0 Å². The number of aliphatic hydroxyl groups is 1. The maximum Gasteiger partial charge on any atom is 0.114 e. The molecule has 0 saturated heterocycles. The molecule has 0 radical (unpaired) electrons. The summed E-state index contributed by atoms with van der Waals surface area (Å²) in [5, 5.41) is 9.33. The van der Waals surface area contributed by atoms with Crippen LogP contribution < -0.4 is 0 Å². The second-order valence-corrected chi connectivity index (χ2v) is 2.39. The average Bonchev–Trinajstić information content (AvgIpc) is 2.04. The van der Waals surface area contributed by atoms with Crippen molar-refractivity contribution in [1.29, 1.82) is 0 Å². The van der Waals surface area contributed by atoms with Crippen molar-refractivity contribution in [3.63, 3.8) is 0 Å². The van der Waals surface area contributed by atoms with Crippen LogP contribution in [0.15, 0.2) is 31.0 Å². The van der Waals surface area contributed by atoms with Crippen molar-refractivity contribution in [2.45, 2.75) is 13.0 Å². The van der Waals surface area contributed by atoms with E-state index < -0.39 is 6.10 Å². The van der Waals surface area contributed by atoms with E-state index >= 15 is 0 Å². The van der Waals surface area contributed by atoms with Crippen molar-refractivity contribution in [3.8, 4) is 0 Å². The summed E-state index contributed by atoms with van der Waals surface area (Å²) in [6.07, 6.45) is 2.49. The second kappa shape index (κ2) is 3.30. The predicted octanol–water partition coefficient (Wildman–Crippen LogP) is 1.61. The highest BCUT2D eigenvalue weighted by Crippen LogP contribution is 2.13. The fourth-order valence-electron chi connectivity index (χ4n) is 0.919. The summed E-state index contributed by atoms with van der Waals surface area (Å²) in [6.45, 7) is 5.40. The van der Waals surface area contributed by atoms with Crippen molar-refractivity contribution < 1.29 is 5.11 Å². The minimum atomic E-state index is -0.642. The number of aryl methyl sites for hydroxylation is 1. The van der Waals surface area contributed by atoms with Gasteiger partial charge in [-0.15, -0.1) is 6.58 Å². The van der Waals surface area contributed by atoms with Gasteiger partial charge in [-0.3, -0.25) is 4.98 Å². The molecule has 1 rings (SSSR count). The lowest BCUT2D eigenvalue weighted by atomic mass is 10.1. The monoisotopic (exact) mass is 149 g/mol. The zero-order valence-corrected chi connectivity index (χ0v) is 6.49. The molecule has 0 spiro atoms. The first kappa shape index (κ1) is 7.95. The molecule has 1 N–H and O–H groups in total. The van der Waals surface area contributed by atoms with Crippen LogP contribution in [-0.4, -0.2) is 10.1 Å². The molecule has 0 aromatic carbocycles. The first-order chi connectivity index (χ1) is 5.25. The first-order valence-electron chi connectivity index (χ1n) is 3.48. The SMILES string of the molecule is C=CC(O)c1ncccc1C. The summed E-state index contributed by atoms with van der Waals surface area (Å²) in [7, 11) is 0. The maximum absolute atomic E-state index is 9.33. The quantitative estimate of drug-likeness (QED) is 0.648. The van der Waals surface area contributed by atoms with Crippen molar-refractivity contribution in [1.82, 2.24) is 4.98 Å². The van der Waals surface area contributed by atoms with Gasteiger partial charge in [0.2, 0.25) is 0 Å². The standard InChI is InChI=1S/C9H11NO/c1-3-8(11)9-7(2)5-4-6-10-9/h3-6,8,11H,1H2,2H3. The van der Waals surface area contributed by atoms with E-state index in [0.717, 1.165) is 5.56 Å². The zero-order valence-electron chi connectivity index (χ0n) is 6.49.